The van der Waals surface area contributed by atoms with Crippen LogP contribution in [0, 0.1) is 0 Å². The smallest absolute Gasteiger partial charge is 0.259 e. The molecule has 0 aliphatic carbocycles. The molecule has 0 saturated carbocycles. The Hall–Kier alpha value is -3.22. The van der Waals surface area contributed by atoms with Crippen LogP contribution in [0.4, 0.5) is 5.69 Å². The van der Waals surface area contributed by atoms with Gasteiger partial charge < -0.3 is 14.8 Å². The van der Waals surface area contributed by atoms with Crippen LogP contribution in [0.5, 0.6) is 11.5 Å². The highest BCUT2D eigenvalue weighted by Crippen LogP contribution is 2.29. The summed E-state index contributed by atoms with van der Waals surface area (Å²) >= 11 is 12.0. The Morgan fingerprint density at radius 2 is 1.78 bits per heavy atom. The van der Waals surface area contributed by atoms with Crippen LogP contribution in [0.15, 0.2) is 71.8 Å². The summed E-state index contributed by atoms with van der Waals surface area (Å²) in [6.45, 7) is 2.78. The molecule has 0 unspecified atom stereocenters. The molecule has 8 heteroatoms. The summed E-state index contributed by atoms with van der Waals surface area (Å²) in [4.78, 5) is 12.0. The number of halogens is 2. The molecule has 1 amide bonds. The van der Waals surface area contributed by atoms with Gasteiger partial charge in [-0.3, -0.25) is 4.79 Å². The van der Waals surface area contributed by atoms with E-state index in [1.165, 1.54) is 0 Å². The van der Waals surface area contributed by atoms with Gasteiger partial charge in [0.1, 0.15) is 6.61 Å². The number of nitrogens with one attached hydrogen (secondary N) is 2. The van der Waals surface area contributed by atoms with E-state index in [1.54, 1.807) is 42.6 Å². The Morgan fingerprint density at radius 3 is 2.53 bits per heavy atom. The van der Waals surface area contributed by atoms with Crippen LogP contribution >= 0.6 is 23.2 Å². The van der Waals surface area contributed by atoms with Crippen LogP contribution in [-0.4, -0.2) is 25.3 Å². The maximum absolute atomic E-state index is 12.0. The third kappa shape index (κ3) is 7.18. The van der Waals surface area contributed by atoms with E-state index < -0.39 is 0 Å². The lowest BCUT2D eigenvalue weighted by Crippen LogP contribution is -2.25. The second-order valence-electron chi connectivity index (χ2n) is 6.67. The predicted octanol–water partition coefficient (Wildman–Crippen LogP) is 5.53. The Bertz CT molecular complexity index is 1070. The lowest BCUT2D eigenvalue weighted by Gasteiger charge is -2.13. The van der Waals surface area contributed by atoms with Crippen LogP contribution in [0.25, 0.3) is 0 Å². The van der Waals surface area contributed by atoms with Gasteiger partial charge in [0.2, 0.25) is 0 Å². The molecule has 0 aliphatic heterocycles. The normalized spacial score (nSPS) is 10.7. The summed E-state index contributed by atoms with van der Waals surface area (Å²) in [5, 5.41) is 8.28. The molecule has 3 aromatic carbocycles. The molecule has 0 aliphatic rings. The van der Waals surface area contributed by atoms with E-state index in [9.17, 15) is 4.79 Å². The molecule has 0 saturated heterocycles. The molecule has 3 aromatic rings. The van der Waals surface area contributed by atoms with Crippen molar-refractivity contribution < 1.29 is 14.3 Å². The van der Waals surface area contributed by atoms with E-state index in [0.29, 0.717) is 34.8 Å². The van der Waals surface area contributed by atoms with E-state index in [-0.39, 0.29) is 12.5 Å². The van der Waals surface area contributed by atoms with Crippen molar-refractivity contribution in [3.8, 4) is 11.5 Å². The van der Waals surface area contributed by atoms with Crippen LogP contribution in [0.1, 0.15) is 18.1 Å². The minimum atomic E-state index is -0.277. The van der Waals surface area contributed by atoms with Gasteiger partial charge in [0.15, 0.2) is 11.5 Å². The van der Waals surface area contributed by atoms with Crippen molar-refractivity contribution in [3.63, 3.8) is 0 Å². The highest BCUT2D eigenvalue weighted by atomic mass is 35.5. The Morgan fingerprint density at radius 1 is 1.00 bits per heavy atom. The van der Waals surface area contributed by atoms with Crippen molar-refractivity contribution >= 4 is 41.0 Å². The fourth-order valence-corrected chi connectivity index (χ4v) is 3.05. The first-order valence-electron chi connectivity index (χ1n) is 9.99. The first kappa shape index (κ1) is 23.4. The van der Waals surface area contributed by atoms with Gasteiger partial charge in [-0.05, 0) is 61.0 Å². The SMILES string of the molecule is CCOc1cc(/C=N\NC(=O)CNc2ccc(Cl)cc2)ccc1OCc1ccccc1Cl. The van der Waals surface area contributed by atoms with Gasteiger partial charge in [-0.25, -0.2) is 5.43 Å². The van der Waals surface area contributed by atoms with E-state index in [1.807, 2.05) is 37.3 Å². The zero-order chi connectivity index (χ0) is 22.8. The average molecular weight is 472 g/mol. The number of rotatable bonds is 10. The van der Waals surface area contributed by atoms with E-state index >= 15 is 0 Å². The molecule has 166 valence electrons. The molecule has 32 heavy (non-hydrogen) atoms. The summed E-state index contributed by atoms with van der Waals surface area (Å²) in [6, 6.07) is 20.0. The molecule has 0 aromatic heterocycles. The fourth-order valence-electron chi connectivity index (χ4n) is 2.73. The maximum atomic E-state index is 12.0. The minimum absolute atomic E-state index is 0.0813. The van der Waals surface area contributed by atoms with Crippen molar-refractivity contribution in [2.45, 2.75) is 13.5 Å². The number of amides is 1. The summed E-state index contributed by atoms with van der Waals surface area (Å²) in [5.74, 6) is 0.903. The molecule has 0 bridgehead atoms. The minimum Gasteiger partial charge on any atom is -0.490 e. The summed E-state index contributed by atoms with van der Waals surface area (Å²) in [5.41, 5.74) is 4.92. The first-order chi connectivity index (χ1) is 15.5. The highest BCUT2D eigenvalue weighted by Gasteiger charge is 2.08. The van der Waals surface area contributed by atoms with Crippen molar-refractivity contribution in [1.29, 1.82) is 0 Å². The molecule has 0 radical (unpaired) electrons. The molecular weight excluding hydrogens is 449 g/mol. The van der Waals surface area contributed by atoms with Crippen LogP contribution in [0.2, 0.25) is 10.0 Å². The van der Waals surface area contributed by atoms with Gasteiger partial charge in [0.05, 0.1) is 19.4 Å². The van der Waals surface area contributed by atoms with E-state index in [2.05, 4.69) is 15.8 Å². The second-order valence-corrected chi connectivity index (χ2v) is 7.52. The van der Waals surface area contributed by atoms with Gasteiger partial charge >= 0.3 is 0 Å². The highest BCUT2D eigenvalue weighted by molar-refractivity contribution is 6.31. The number of nitrogens with zero attached hydrogens (tertiary/aromatic N) is 1. The van der Waals surface area contributed by atoms with Crippen LogP contribution < -0.4 is 20.2 Å². The van der Waals surface area contributed by atoms with E-state index in [4.69, 9.17) is 32.7 Å². The van der Waals surface area contributed by atoms with Crippen molar-refractivity contribution in [2.24, 2.45) is 5.10 Å². The fraction of sp³-hybridized carbons (Fsp3) is 0.167. The number of hydrogen-bond donors (Lipinski definition) is 2. The largest absolute Gasteiger partial charge is 0.490 e. The summed E-state index contributed by atoms with van der Waals surface area (Å²) in [7, 11) is 0. The van der Waals surface area contributed by atoms with Crippen molar-refractivity contribution in [1.82, 2.24) is 5.43 Å². The van der Waals surface area contributed by atoms with E-state index in [0.717, 1.165) is 16.8 Å². The zero-order valence-electron chi connectivity index (χ0n) is 17.5. The maximum Gasteiger partial charge on any atom is 0.259 e. The standard InChI is InChI=1S/C24H23Cl2N3O3/c1-2-31-23-13-17(7-12-22(23)32-16-18-5-3-4-6-21(18)26)14-28-29-24(30)15-27-20-10-8-19(25)9-11-20/h3-14,27H,2,15-16H2,1H3,(H,29,30)/b28-14-. The quantitative estimate of drug-likeness (QED) is 0.301. The number of hydrazone groups is 1. The molecule has 0 fully saturated rings. The van der Waals surface area contributed by atoms with Crippen LogP contribution in [-0.2, 0) is 11.4 Å². The van der Waals surface area contributed by atoms with Gasteiger partial charge in [0.25, 0.3) is 5.91 Å². The number of ether oxygens (including phenoxy) is 2. The molecule has 2 N–H and O–H groups in total. The molecular formula is C24H23Cl2N3O3. The topological polar surface area (TPSA) is 72.0 Å². The number of anilines is 1. The second kappa shape index (κ2) is 12.0. The summed E-state index contributed by atoms with van der Waals surface area (Å²) < 4.78 is 11.6. The Balaban J connectivity index is 1.55. The first-order valence-corrected chi connectivity index (χ1v) is 10.7. The number of carbonyl (C=O) groups is 1. The molecule has 3 rings (SSSR count). The average Bonchev–Trinajstić information content (AvgIpc) is 2.79. The molecule has 6 nitrogen and oxygen atoms in total. The van der Waals surface area contributed by atoms with Gasteiger partial charge in [-0.1, -0.05) is 41.4 Å². The molecule has 0 atom stereocenters. The third-order valence-corrected chi connectivity index (χ3v) is 4.93. The van der Waals surface area contributed by atoms with Crippen LogP contribution in [0.3, 0.4) is 0 Å². The summed E-state index contributed by atoms with van der Waals surface area (Å²) in [6.07, 6.45) is 1.54. The van der Waals surface area contributed by atoms with Crippen molar-refractivity contribution in [3.05, 3.63) is 87.9 Å². The van der Waals surface area contributed by atoms with Gasteiger partial charge in [-0.15, -0.1) is 0 Å². The zero-order valence-corrected chi connectivity index (χ0v) is 19.0. The lowest BCUT2D eigenvalue weighted by molar-refractivity contribution is -0.119. The van der Waals surface area contributed by atoms with Crippen molar-refractivity contribution in [2.75, 3.05) is 18.5 Å². The Labute approximate surface area is 197 Å². The number of benzene rings is 3. The predicted molar refractivity (Wildman–Crippen MR) is 129 cm³/mol. The molecule has 0 heterocycles. The Kier molecular flexibility index (Phi) is 8.78. The lowest BCUT2D eigenvalue weighted by atomic mass is 10.2. The molecule has 0 spiro atoms. The third-order valence-electron chi connectivity index (χ3n) is 4.31. The van der Waals surface area contributed by atoms with Gasteiger partial charge in [-0.2, -0.15) is 5.10 Å². The monoisotopic (exact) mass is 471 g/mol. The number of hydrogen-bond acceptors (Lipinski definition) is 5. The number of carbonyl (C=O) groups excluding carboxylic acids is 1. The van der Waals surface area contributed by atoms with Gasteiger partial charge in [0, 0.05) is 21.3 Å².